The lowest BCUT2D eigenvalue weighted by Crippen LogP contribution is -2.39. The van der Waals surface area contributed by atoms with E-state index >= 15 is 0 Å². The van der Waals surface area contributed by atoms with Crippen molar-refractivity contribution in [3.63, 3.8) is 0 Å². The molecule has 20 heavy (non-hydrogen) atoms. The van der Waals surface area contributed by atoms with E-state index in [1.807, 2.05) is 0 Å². The first-order chi connectivity index (χ1) is 9.47. The minimum atomic E-state index is -1.20. The fraction of sp³-hybridized carbons (Fsp3) is 0.533. The lowest BCUT2D eigenvalue weighted by atomic mass is 9.83. The summed E-state index contributed by atoms with van der Waals surface area (Å²) in [7, 11) is 2.15. The molecule has 2 saturated heterocycles. The quantitative estimate of drug-likeness (QED) is 0.843. The molecule has 0 N–H and O–H groups in total. The zero-order valence-electron chi connectivity index (χ0n) is 11.2. The van der Waals surface area contributed by atoms with E-state index in [0.717, 1.165) is 12.8 Å². The molecule has 2 unspecified atom stereocenters. The topological polar surface area (TPSA) is 43.4 Å². The summed E-state index contributed by atoms with van der Waals surface area (Å²) >= 11 is 12.2. The van der Waals surface area contributed by atoms with Gasteiger partial charge in [0.15, 0.2) is 0 Å². The summed E-state index contributed by atoms with van der Waals surface area (Å²) < 4.78 is 0. The molecule has 3 rings (SSSR count). The summed E-state index contributed by atoms with van der Waals surface area (Å²) in [6.45, 7) is 0. The number of rotatable bonds is 2. The molecule has 2 atom stereocenters. The van der Waals surface area contributed by atoms with Crippen LogP contribution < -0.4 is 5.11 Å². The number of hydrogen-bond donors (Lipinski definition) is 0. The van der Waals surface area contributed by atoms with Gasteiger partial charge >= 0.3 is 0 Å². The van der Waals surface area contributed by atoms with Crippen molar-refractivity contribution >= 4 is 29.2 Å². The highest BCUT2D eigenvalue weighted by Crippen LogP contribution is 2.45. The number of nitrogens with zero attached hydrogens (tertiary/aromatic N) is 1. The van der Waals surface area contributed by atoms with E-state index in [4.69, 9.17) is 23.2 Å². The number of carboxylic acids is 1. The van der Waals surface area contributed by atoms with Crippen molar-refractivity contribution in [3.05, 3.63) is 33.3 Å². The van der Waals surface area contributed by atoms with Crippen molar-refractivity contribution in [1.29, 1.82) is 0 Å². The number of piperidine rings is 1. The number of carbonyl (C=O) groups excluding carboxylic acids is 1. The molecule has 2 aliphatic rings. The molecule has 1 aromatic rings. The summed E-state index contributed by atoms with van der Waals surface area (Å²) in [6, 6.07) is 4.14. The second kappa shape index (κ2) is 5.21. The Bertz CT molecular complexity index is 547. The van der Waals surface area contributed by atoms with Gasteiger partial charge in [-0.1, -0.05) is 23.2 Å². The van der Waals surface area contributed by atoms with E-state index in [1.54, 1.807) is 6.07 Å². The molecule has 108 valence electrons. The summed E-state index contributed by atoms with van der Waals surface area (Å²) in [5.41, 5.74) is 0.859. The largest absolute Gasteiger partial charge is 0.545 e. The third-order valence-electron chi connectivity index (χ3n) is 4.82. The SMILES string of the molecule is CN1C2CCC1CC(c1c(Cl)cc(Cl)cc1C(=O)[O-])C2. The Kier molecular flexibility index (Phi) is 3.69. The van der Waals surface area contributed by atoms with Gasteiger partial charge in [-0.2, -0.15) is 0 Å². The molecule has 0 amide bonds. The van der Waals surface area contributed by atoms with E-state index in [2.05, 4.69) is 11.9 Å². The molecule has 3 nitrogen and oxygen atoms in total. The maximum absolute atomic E-state index is 11.4. The Morgan fingerprint density at radius 3 is 2.40 bits per heavy atom. The Morgan fingerprint density at radius 1 is 1.25 bits per heavy atom. The van der Waals surface area contributed by atoms with Crippen molar-refractivity contribution in [2.45, 2.75) is 43.7 Å². The molecular weight excluding hydrogens is 297 g/mol. The van der Waals surface area contributed by atoms with E-state index in [-0.39, 0.29) is 11.5 Å². The van der Waals surface area contributed by atoms with E-state index in [9.17, 15) is 9.90 Å². The molecule has 0 radical (unpaired) electrons. The van der Waals surface area contributed by atoms with Crippen LogP contribution in [0.2, 0.25) is 10.0 Å². The van der Waals surface area contributed by atoms with Gasteiger partial charge < -0.3 is 14.8 Å². The Morgan fingerprint density at radius 2 is 1.85 bits per heavy atom. The smallest absolute Gasteiger partial charge is 0.0719 e. The molecule has 2 aliphatic heterocycles. The van der Waals surface area contributed by atoms with E-state index in [1.165, 1.54) is 18.9 Å². The number of benzene rings is 1. The molecule has 1 aromatic carbocycles. The predicted octanol–water partition coefficient (Wildman–Crippen LogP) is 2.70. The van der Waals surface area contributed by atoms with E-state index in [0.29, 0.717) is 27.7 Å². The standard InChI is InChI=1S/C15H17Cl2NO2/c1-18-10-2-3-11(18)5-8(4-10)14-12(15(19)20)6-9(16)7-13(14)17/h6-8,10-11H,2-5H2,1H3,(H,19,20)/p-1. The van der Waals surface area contributed by atoms with Crippen LogP contribution in [0.15, 0.2) is 12.1 Å². The molecular formula is C15H16Cl2NO2-. The van der Waals surface area contributed by atoms with Gasteiger partial charge in [-0.05, 0) is 56.3 Å². The summed E-state index contributed by atoms with van der Waals surface area (Å²) in [5, 5.41) is 12.2. The Labute approximate surface area is 128 Å². The van der Waals surface area contributed by atoms with Crippen molar-refractivity contribution in [2.75, 3.05) is 7.05 Å². The van der Waals surface area contributed by atoms with Gasteiger partial charge in [0.1, 0.15) is 0 Å². The van der Waals surface area contributed by atoms with Crippen LogP contribution >= 0.6 is 23.2 Å². The third-order valence-corrected chi connectivity index (χ3v) is 5.35. The highest BCUT2D eigenvalue weighted by molar-refractivity contribution is 6.35. The van der Waals surface area contributed by atoms with Gasteiger partial charge in [0, 0.05) is 27.7 Å². The molecule has 0 aliphatic carbocycles. The van der Waals surface area contributed by atoms with Crippen LogP contribution in [0.3, 0.4) is 0 Å². The van der Waals surface area contributed by atoms with Gasteiger partial charge in [-0.3, -0.25) is 0 Å². The highest BCUT2D eigenvalue weighted by Gasteiger charge is 2.40. The summed E-state index contributed by atoms with van der Waals surface area (Å²) in [6.07, 6.45) is 4.27. The molecule has 2 heterocycles. The minimum absolute atomic E-state index is 0.149. The maximum Gasteiger partial charge on any atom is 0.0719 e. The highest BCUT2D eigenvalue weighted by atomic mass is 35.5. The molecule has 0 aromatic heterocycles. The number of aromatic carboxylic acids is 1. The first-order valence-corrected chi connectivity index (χ1v) is 7.65. The van der Waals surface area contributed by atoms with Crippen LogP contribution in [0.4, 0.5) is 0 Å². The lowest BCUT2D eigenvalue weighted by Gasteiger charge is -2.37. The number of carbonyl (C=O) groups is 1. The van der Waals surface area contributed by atoms with Crippen LogP contribution in [0, 0.1) is 0 Å². The number of fused-ring (bicyclic) bond motifs is 2. The maximum atomic E-state index is 11.4. The molecule has 2 bridgehead atoms. The molecule has 5 heteroatoms. The van der Waals surface area contributed by atoms with Crippen molar-refractivity contribution in [3.8, 4) is 0 Å². The molecule has 0 spiro atoms. The van der Waals surface area contributed by atoms with Crippen LogP contribution in [0.25, 0.3) is 0 Å². The number of carboxylic acid groups (broad SMARTS) is 1. The van der Waals surface area contributed by atoms with Crippen molar-refractivity contribution in [1.82, 2.24) is 4.90 Å². The molecule has 0 saturated carbocycles. The molecule has 2 fully saturated rings. The summed E-state index contributed by atoms with van der Waals surface area (Å²) in [4.78, 5) is 13.8. The summed E-state index contributed by atoms with van der Waals surface area (Å²) in [5.74, 6) is -1.02. The normalized spacial score (nSPS) is 29.6. The monoisotopic (exact) mass is 312 g/mol. The fourth-order valence-corrected chi connectivity index (χ4v) is 4.46. The Balaban J connectivity index is 2.00. The first kappa shape index (κ1) is 14.2. The average molecular weight is 313 g/mol. The van der Waals surface area contributed by atoms with Crippen LogP contribution in [-0.2, 0) is 0 Å². The van der Waals surface area contributed by atoms with Gasteiger partial charge in [0.05, 0.1) is 5.97 Å². The first-order valence-electron chi connectivity index (χ1n) is 6.89. The predicted molar refractivity (Wildman–Crippen MR) is 77.3 cm³/mol. The third kappa shape index (κ3) is 2.32. The van der Waals surface area contributed by atoms with E-state index < -0.39 is 5.97 Å². The zero-order valence-corrected chi connectivity index (χ0v) is 12.7. The second-order valence-corrected chi connectivity index (χ2v) is 6.70. The average Bonchev–Trinajstić information content (AvgIpc) is 2.61. The Hall–Kier alpha value is -0.770. The minimum Gasteiger partial charge on any atom is -0.545 e. The van der Waals surface area contributed by atoms with Crippen LogP contribution in [0.1, 0.15) is 47.5 Å². The van der Waals surface area contributed by atoms with Crippen LogP contribution in [0.5, 0.6) is 0 Å². The van der Waals surface area contributed by atoms with Gasteiger partial charge in [0.25, 0.3) is 0 Å². The lowest BCUT2D eigenvalue weighted by molar-refractivity contribution is -0.255. The van der Waals surface area contributed by atoms with Gasteiger partial charge in [0.2, 0.25) is 0 Å². The van der Waals surface area contributed by atoms with Crippen molar-refractivity contribution < 1.29 is 9.90 Å². The fourth-order valence-electron chi connectivity index (χ4n) is 3.82. The number of halogens is 2. The zero-order chi connectivity index (χ0) is 14.4. The van der Waals surface area contributed by atoms with Gasteiger partial charge in [-0.25, -0.2) is 0 Å². The van der Waals surface area contributed by atoms with Crippen LogP contribution in [-0.4, -0.2) is 30.0 Å². The van der Waals surface area contributed by atoms with Crippen molar-refractivity contribution in [2.24, 2.45) is 0 Å². The van der Waals surface area contributed by atoms with Gasteiger partial charge in [-0.15, -0.1) is 0 Å². The second-order valence-electron chi connectivity index (χ2n) is 5.86. The number of hydrogen-bond acceptors (Lipinski definition) is 3.